The lowest BCUT2D eigenvalue weighted by molar-refractivity contribution is -0.119. The Morgan fingerprint density at radius 3 is 2.71 bits per heavy atom. The van der Waals surface area contributed by atoms with Gasteiger partial charge in [-0.1, -0.05) is 6.07 Å². The molecule has 28 heavy (non-hydrogen) atoms. The standard InChI is InChI=1S/C17H20N4O6S/c1-12-2-3-13(10-15(12)28(24,25)21-6-8-26-9-7-21)19-16(22)11-27-17(23)14-4-5-18-20-14/h2-5,10H,6-9,11H2,1H3,(H,18,20)(H,19,22). The minimum atomic E-state index is -3.70. The van der Waals surface area contributed by atoms with Gasteiger partial charge in [0.15, 0.2) is 6.61 Å². The number of carbonyl (C=O) groups excluding carboxylic acids is 2. The lowest BCUT2D eigenvalue weighted by Crippen LogP contribution is -2.40. The van der Waals surface area contributed by atoms with E-state index in [4.69, 9.17) is 9.47 Å². The van der Waals surface area contributed by atoms with E-state index >= 15 is 0 Å². The maximum absolute atomic E-state index is 12.9. The molecular weight excluding hydrogens is 388 g/mol. The van der Waals surface area contributed by atoms with Gasteiger partial charge in [0.05, 0.1) is 18.1 Å². The molecule has 1 saturated heterocycles. The predicted octanol–water partition coefficient (Wildman–Crippen LogP) is 0.535. The third kappa shape index (κ3) is 4.55. The molecule has 1 fully saturated rings. The number of benzene rings is 1. The van der Waals surface area contributed by atoms with Crippen molar-refractivity contribution in [2.45, 2.75) is 11.8 Å². The van der Waals surface area contributed by atoms with Gasteiger partial charge in [-0.2, -0.15) is 9.40 Å². The van der Waals surface area contributed by atoms with Gasteiger partial charge in [-0.3, -0.25) is 9.89 Å². The van der Waals surface area contributed by atoms with Crippen LogP contribution in [0.4, 0.5) is 5.69 Å². The van der Waals surface area contributed by atoms with Crippen molar-refractivity contribution in [3.8, 4) is 0 Å². The average molecular weight is 408 g/mol. The molecule has 0 atom stereocenters. The molecule has 11 heteroatoms. The quantitative estimate of drug-likeness (QED) is 0.667. The van der Waals surface area contributed by atoms with Crippen molar-refractivity contribution in [2.24, 2.45) is 0 Å². The molecule has 2 aromatic rings. The minimum absolute atomic E-state index is 0.113. The highest BCUT2D eigenvalue weighted by Crippen LogP contribution is 2.24. The van der Waals surface area contributed by atoms with E-state index in [0.717, 1.165) is 0 Å². The van der Waals surface area contributed by atoms with E-state index in [2.05, 4.69) is 15.5 Å². The van der Waals surface area contributed by atoms with Gasteiger partial charge in [0.1, 0.15) is 5.69 Å². The second-order valence-electron chi connectivity index (χ2n) is 6.09. The molecule has 0 bridgehead atoms. The zero-order valence-corrected chi connectivity index (χ0v) is 16.0. The molecule has 1 amide bonds. The number of H-pyrrole nitrogens is 1. The largest absolute Gasteiger partial charge is 0.451 e. The number of hydrogen-bond acceptors (Lipinski definition) is 7. The summed E-state index contributed by atoms with van der Waals surface area (Å²) in [6, 6.07) is 6.01. The fourth-order valence-electron chi connectivity index (χ4n) is 2.66. The summed E-state index contributed by atoms with van der Waals surface area (Å²) < 4.78 is 37.2. The molecule has 0 saturated carbocycles. The predicted molar refractivity (Wildman–Crippen MR) is 98.3 cm³/mol. The number of aryl methyl sites for hydroxylation is 1. The Bertz CT molecular complexity index is 952. The van der Waals surface area contributed by atoms with Crippen LogP contribution in [-0.2, 0) is 24.3 Å². The van der Waals surface area contributed by atoms with E-state index < -0.39 is 28.5 Å². The summed E-state index contributed by atoms with van der Waals surface area (Å²) in [6.45, 7) is 2.42. The maximum Gasteiger partial charge on any atom is 0.356 e. The third-order valence-corrected chi connectivity index (χ3v) is 6.16. The third-order valence-electron chi connectivity index (χ3n) is 4.11. The Morgan fingerprint density at radius 2 is 2.04 bits per heavy atom. The van der Waals surface area contributed by atoms with E-state index in [0.29, 0.717) is 24.5 Å². The lowest BCUT2D eigenvalue weighted by atomic mass is 10.2. The Kier molecular flexibility index (Phi) is 6.07. The maximum atomic E-state index is 12.9. The van der Waals surface area contributed by atoms with Crippen molar-refractivity contribution in [2.75, 3.05) is 38.2 Å². The Balaban J connectivity index is 1.67. The van der Waals surface area contributed by atoms with Gasteiger partial charge in [0.2, 0.25) is 10.0 Å². The summed E-state index contributed by atoms with van der Waals surface area (Å²) in [5.74, 6) is -1.31. The first-order chi connectivity index (χ1) is 13.4. The monoisotopic (exact) mass is 408 g/mol. The summed E-state index contributed by atoms with van der Waals surface area (Å²) >= 11 is 0. The molecule has 0 unspecified atom stereocenters. The number of hydrogen-bond donors (Lipinski definition) is 2. The number of nitrogens with one attached hydrogen (secondary N) is 2. The van der Waals surface area contributed by atoms with Crippen LogP contribution in [0.25, 0.3) is 0 Å². The topological polar surface area (TPSA) is 131 Å². The highest BCUT2D eigenvalue weighted by atomic mass is 32.2. The van der Waals surface area contributed by atoms with E-state index in [-0.39, 0.29) is 23.7 Å². The van der Waals surface area contributed by atoms with Gasteiger partial charge in [-0.15, -0.1) is 0 Å². The number of anilines is 1. The van der Waals surface area contributed by atoms with E-state index in [1.54, 1.807) is 19.1 Å². The minimum Gasteiger partial charge on any atom is -0.451 e. The SMILES string of the molecule is Cc1ccc(NC(=O)COC(=O)c2ccn[nH]2)cc1S(=O)(=O)N1CCOCC1. The molecule has 3 rings (SSSR count). The molecule has 2 heterocycles. The molecule has 1 aliphatic rings. The summed E-state index contributed by atoms with van der Waals surface area (Å²) in [6.07, 6.45) is 1.39. The van der Waals surface area contributed by atoms with Crippen LogP contribution in [0.1, 0.15) is 16.1 Å². The molecule has 0 spiro atoms. The molecule has 150 valence electrons. The van der Waals surface area contributed by atoms with Gasteiger partial charge < -0.3 is 14.8 Å². The normalized spacial score (nSPS) is 15.2. The molecule has 1 aromatic carbocycles. The fourth-order valence-corrected chi connectivity index (χ4v) is 4.32. The summed E-state index contributed by atoms with van der Waals surface area (Å²) in [7, 11) is -3.70. The van der Waals surface area contributed by atoms with E-state index in [1.165, 1.54) is 22.6 Å². The first-order valence-electron chi connectivity index (χ1n) is 8.53. The molecule has 10 nitrogen and oxygen atoms in total. The number of morpholine rings is 1. The smallest absolute Gasteiger partial charge is 0.356 e. The molecule has 1 aliphatic heterocycles. The number of nitrogens with zero attached hydrogens (tertiary/aromatic N) is 2. The second-order valence-corrected chi connectivity index (χ2v) is 8.00. The van der Waals surface area contributed by atoms with Crippen molar-refractivity contribution >= 4 is 27.6 Å². The Morgan fingerprint density at radius 1 is 1.29 bits per heavy atom. The van der Waals surface area contributed by atoms with Crippen molar-refractivity contribution in [3.63, 3.8) is 0 Å². The van der Waals surface area contributed by atoms with Gasteiger partial charge in [0.25, 0.3) is 5.91 Å². The average Bonchev–Trinajstić information content (AvgIpc) is 3.23. The lowest BCUT2D eigenvalue weighted by Gasteiger charge is -2.26. The summed E-state index contributed by atoms with van der Waals surface area (Å²) in [4.78, 5) is 23.9. The van der Waals surface area contributed by atoms with Crippen molar-refractivity contribution < 1.29 is 27.5 Å². The second kappa shape index (κ2) is 8.50. The Hall–Kier alpha value is -2.76. The number of carbonyl (C=O) groups is 2. The van der Waals surface area contributed by atoms with Crippen LogP contribution in [-0.4, -0.2) is 67.7 Å². The highest BCUT2D eigenvalue weighted by Gasteiger charge is 2.28. The van der Waals surface area contributed by atoms with Crippen LogP contribution in [0.5, 0.6) is 0 Å². The summed E-state index contributed by atoms with van der Waals surface area (Å²) in [5.41, 5.74) is 0.984. The van der Waals surface area contributed by atoms with E-state index in [9.17, 15) is 18.0 Å². The Labute approximate surface area is 161 Å². The zero-order valence-electron chi connectivity index (χ0n) is 15.2. The van der Waals surface area contributed by atoms with Crippen LogP contribution in [0.2, 0.25) is 0 Å². The molecule has 2 N–H and O–H groups in total. The van der Waals surface area contributed by atoms with Gasteiger partial charge in [-0.05, 0) is 30.7 Å². The molecular formula is C17H20N4O6S. The van der Waals surface area contributed by atoms with Gasteiger partial charge in [0, 0.05) is 25.0 Å². The van der Waals surface area contributed by atoms with Crippen LogP contribution in [0.3, 0.4) is 0 Å². The molecule has 1 aromatic heterocycles. The van der Waals surface area contributed by atoms with Crippen LogP contribution >= 0.6 is 0 Å². The fraction of sp³-hybridized carbons (Fsp3) is 0.353. The van der Waals surface area contributed by atoms with Crippen molar-refractivity contribution in [1.82, 2.24) is 14.5 Å². The molecule has 0 aliphatic carbocycles. The first kappa shape index (κ1) is 20.0. The number of sulfonamides is 1. The molecule has 0 radical (unpaired) electrons. The van der Waals surface area contributed by atoms with Crippen LogP contribution < -0.4 is 5.32 Å². The van der Waals surface area contributed by atoms with E-state index in [1.807, 2.05) is 0 Å². The number of rotatable bonds is 6. The van der Waals surface area contributed by atoms with Crippen LogP contribution in [0.15, 0.2) is 35.4 Å². The number of aromatic nitrogens is 2. The number of amides is 1. The zero-order chi connectivity index (χ0) is 20.1. The number of esters is 1. The summed E-state index contributed by atoms with van der Waals surface area (Å²) in [5, 5.41) is 8.59. The highest BCUT2D eigenvalue weighted by molar-refractivity contribution is 7.89. The van der Waals surface area contributed by atoms with Gasteiger partial charge in [-0.25, -0.2) is 13.2 Å². The number of aromatic amines is 1. The van der Waals surface area contributed by atoms with Crippen LogP contribution in [0, 0.1) is 6.92 Å². The number of ether oxygens (including phenoxy) is 2. The van der Waals surface area contributed by atoms with Crippen molar-refractivity contribution in [1.29, 1.82) is 0 Å². The van der Waals surface area contributed by atoms with Gasteiger partial charge >= 0.3 is 5.97 Å². The van der Waals surface area contributed by atoms with Crippen molar-refractivity contribution in [3.05, 3.63) is 41.7 Å². The first-order valence-corrected chi connectivity index (χ1v) is 9.97.